The second-order valence-electron chi connectivity index (χ2n) is 5.53. The van der Waals surface area contributed by atoms with E-state index >= 15 is 0 Å². The number of rotatable bonds is 6. The number of alkyl halides is 2. The van der Waals surface area contributed by atoms with Crippen LogP contribution in [-0.2, 0) is 0 Å². The number of likely N-dealkylation sites (tertiary alicyclic amines) is 1. The van der Waals surface area contributed by atoms with Crippen molar-refractivity contribution in [3.63, 3.8) is 0 Å². The number of hydrogen-bond acceptors (Lipinski definition) is 3. The van der Waals surface area contributed by atoms with E-state index in [1.165, 1.54) is 0 Å². The van der Waals surface area contributed by atoms with Gasteiger partial charge in [-0.2, -0.15) is 8.78 Å². The van der Waals surface area contributed by atoms with Crippen molar-refractivity contribution >= 4 is 17.7 Å². The van der Waals surface area contributed by atoms with E-state index in [4.69, 9.17) is 0 Å². The monoisotopic (exact) mass is 328 g/mol. The van der Waals surface area contributed by atoms with Crippen molar-refractivity contribution < 1.29 is 13.6 Å². The topological polar surface area (TPSA) is 32.3 Å². The van der Waals surface area contributed by atoms with Gasteiger partial charge in [0.05, 0.1) is 0 Å². The molecule has 1 aromatic rings. The fraction of sp³-hybridized carbons (Fsp3) is 0.562. The zero-order valence-corrected chi connectivity index (χ0v) is 13.5. The Balaban J connectivity index is 1.87. The number of carbonyl (C=O) groups excluding carboxylic acids is 1. The van der Waals surface area contributed by atoms with E-state index in [0.717, 1.165) is 38.9 Å². The molecule has 22 heavy (non-hydrogen) atoms. The molecule has 1 amide bonds. The number of carbonyl (C=O) groups is 1. The zero-order valence-electron chi connectivity index (χ0n) is 12.7. The van der Waals surface area contributed by atoms with Crippen molar-refractivity contribution in [1.82, 2.24) is 10.2 Å². The van der Waals surface area contributed by atoms with Crippen LogP contribution in [0.5, 0.6) is 0 Å². The SMILES string of the molecule is CNCCC1CCN(C(=O)c2ccc(SC(F)F)cc2)CC1. The van der Waals surface area contributed by atoms with Crippen LogP contribution in [0.25, 0.3) is 0 Å². The molecular formula is C16H22F2N2OS. The van der Waals surface area contributed by atoms with Crippen LogP contribution < -0.4 is 5.32 Å². The summed E-state index contributed by atoms with van der Waals surface area (Å²) in [7, 11) is 1.95. The normalized spacial score (nSPS) is 16.3. The Kier molecular flexibility index (Phi) is 6.64. The molecule has 1 heterocycles. The van der Waals surface area contributed by atoms with Crippen LogP contribution in [0.4, 0.5) is 8.78 Å². The molecule has 1 saturated heterocycles. The predicted octanol–water partition coefficient (Wildman–Crippen LogP) is 3.46. The number of thioether (sulfide) groups is 1. The van der Waals surface area contributed by atoms with Gasteiger partial charge in [0.15, 0.2) is 0 Å². The lowest BCUT2D eigenvalue weighted by Crippen LogP contribution is -2.38. The Labute approximate surface area is 134 Å². The summed E-state index contributed by atoms with van der Waals surface area (Å²) in [6.07, 6.45) is 3.22. The highest BCUT2D eigenvalue weighted by atomic mass is 32.2. The molecule has 3 nitrogen and oxygen atoms in total. The first-order chi connectivity index (χ1) is 10.6. The van der Waals surface area contributed by atoms with E-state index in [0.29, 0.717) is 28.1 Å². The number of hydrogen-bond donors (Lipinski definition) is 1. The lowest BCUT2D eigenvalue weighted by atomic mass is 9.93. The second-order valence-corrected chi connectivity index (χ2v) is 6.59. The maximum absolute atomic E-state index is 12.4. The lowest BCUT2D eigenvalue weighted by Gasteiger charge is -2.32. The van der Waals surface area contributed by atoms with Gasteiger partial charge in [-0.05, 0) is 63.0 Å². The summed E-state index contributed by atoms with van der Waals surface area (Å²) in [5.41, 5.74) is 0.576. The van der Waals surface area contributed by atoms with Crippen molar-refractivity contribution in [3.8, 4) is 0 Å². The molecule has 1 aromatic carbocycles. The summed E-state index contributed by atoms with van der Waals surface area (Å²) in [6, 6.07) is 6.45. The molecule has 0 unspecified atom stereocenters. The quantitative estimate of drug-likeness (QED) is 0.812. The van der Waals surface area contributed by atoms with Crippen LogP contribution in [0.1, 0.15) is 29.6 Å². The fourth-order valence-electron chi connectivity index (χ4n) is 2.73. The Morgan fingerprint density at radius 1 is 1.32 bits per heavy atom. The van der Waals surface area contributed by atoms with Crippen LogP contribution in [0.3, 0.4) is 0 Å². The van der Waals surface area contributed by atoms with Crippen molar-refractivity contribution in [3.05, 3.63) is 29.8 Å². The second kappa shape index (κ2) is 8.48. The average molecular weight is 328 g/mol. The van der Waals surface area contributed by atoms with Crippen LogP contribution in [0.15, 0.2) is 29.2 Å². The van der Waals surface area contributed by atoms with Gasteiger partial charge in [-0.3, -0.25) is 4.79 Å². The third kappa shape index (κ3) is 4.95. The lowest BCUT2D eigenvalue weighted by molar-refractivity contribution is 0.0687. The maximum Gasteiger partial charge on any atom is 0.288 e. The maximum atomic E-state index is 12.4. The smallest absolute Gasteiger partial charge is 0.288 e. The molecule has 1 fully saturated rings. The Morgan fingerprint density at radius 2 is 1.95 bits per heavy atom. The molecule has 0 aliphatic carbocycles. The van der Waals surface area contributed by atoms with Gasteiger partial charge in [0.1, 0.15) is 0 Å². The third-order valence-electron chi connectivity index (χ3n) is 4.03. The number of benzene rings is 1. The molecular weight excluding hydrogens is 306 g/mol. The van der Waals surface area contributed by atoms with E-state index in [1.54, 1.807) is 24.3 Å². The van der Waals surface area contributed by atoms with Gasteiger partial charge in [0, 0.05) is 23.5 Å². The highest BCUT2D eigenvalue weighted by Crippen LogP contribution is 2.26. The number of halogens is 2. The molecule has 1 aliphatic heterocycles. The fourth-order valence-corrected chi connectivity index (χ4v) is 3.23. The number of nitrogens with zero attached hydrogens (tertiary/aromatic N) is 1. The summed E-state index contributed by atoms with van der Waals surface area (Å²) >= 11 is 0.498. The van der Waals surface area contributed by atoms with Gasteiger partial charge in [-0.25, -0.2) is 0 Å². The third-order valence-corrected chi connectivity index (χ3v) is 4.75. The number of nitrogens with one attached hydrogen (secondary N) is 1. The molecule has 0 radical (unpaired) electrons. The first-order valence-electron chi connectivity index (χ1n) is 7.59. The molecule has 1 N–H and O–H groups in total. The minimum Gasteiger partial charge on any atom is -0.339 e. The first-order valence-corrected chi connectivity index (χ1v) is 8.47. The van der Waals surface area contributed by atoms with Crippen LogP contribution in [-0.4, -0.2) is 43.2 Å². The first kappa shape index (κ1) is 17.2. The van der Waals surface area contributed by atoms with Gasteiger partial charge in [-0.15, -0.1) is 0 Å². The minimum atomic E-state index is -2.43. The average Bonchev–Trinajstić information content (AvgIpc) is 2.53. The summed E-state index contributed by atoms with van der Waals surface area (Å²) in [5.74, 6) is -1.75. The standard InChI is InChI=1S/C16H22F2N2OS/c1-19-9-6-12-7-10-20(11-8-12)15(21)13-2-4-14(5-3-13)22-16(17)18/h2-5,12,16,19H,6-11H2,1H3. The molecule has 2 rings (SSSR count). The van der Waals surface area contributed by atoms with E-state index < -0.39 is 5.76 Å². The minimum absolute atomic E-state index is 0.000614. The van der Waals surface area contributed by atoms with E-state index in [1.807, 2.05) is 11.9 Å². The van der Waals surface area contributed by atoms with Gasteiger partial charge < -0.3 is 10.2 Å². The molecule has 0 atom stereocenters. The van der Waals surface area contributed by atoms with Crippen molar-refractivity contribution in [1.29, 1.82) is 0 Å². The highest BCUT2D eigenvalue weighted by Gasteiger charge is 2.23. The van der Waals surface area contributed by atoms with Crippen LogP contribution >= 0.6 is 11.8 Å². The van der Waals surface area contributed by atoms with Crippen LogP contribution in [0.2, 0.25) is 0 Å². The molecule has 1 aliphatic rings. The molecule has 0 bridgehead atoms. The van der Waals surface area contributed by atoms with E-state index in [9.17, 15) is 13.6 Å². The molecule has 0 aromatic heterocycles. The summed E-state index contributed by atoms with van der Waals surface area (Å²) in [5, 5.41) is 3.16. The van der Waals surface area contributed by atoms with E-state index in [-0.39, 0.29) is 5.91 Å². The van der Waals surface area contributed by atoms with Gasteiger partial charge in [-0.1, -0.05) is 11.8 Å². The number of piperidine rings is 1. The largest absolute Gasteiger partial charge is 0.339 e. The zero-order chi connectivity index (χ0) is 15.9. The molecule has 122 valence electrons. The molecule has 0 spiro atoms. The summed E-state index contributed by atoms with van der Waals surface area (Å²) < 4.78 is 24.6. The Hall–Kier alpha value is -1.14. The van der Waals surface area contributed by atoms with Gasteiger partial charge in [0.25, 0.3) is 11.7 Å². The van der Waals surface area contributed by atoms with Crippen molar-refractivity contribution in [2.45, 2.75) is 29.9 Å². The van der Waals surface area contributed by atoms with Crippen molar-refractivity contribution in [2.24, 2.45) is 5.92 Å². The summed E-state index contributed by atoms with van der Waals surface area (Å²) in [4.78, 5) is 14.8. The molecule has 0 saturated carbocycles. The van der Waals surface area contributed by atoms with E-state index in [2.05, 4.69) is 5.32 Å². The Morgan fingerprint density at radius 3 is 2.50 bits per heavy atom. The van der Waals surface area contributed by atoms with Gasteiger partial charge in [0.2, 0.25) is 0 Å². The molecule has 6 heteroatoms. The summed E-state index contributed by atoms with van der Waals surface area (Å²) in [6.45, 7) is 2.57. The van der Waals surface area contributed by atoms with Crippen LogP contribution in [0, 0.1) is 5.92 Å². The number of amides is 1. The highest BCUT2D eigenvalue weighted by molar-refractivity contribution is 7.99. The van der Waals surface area contributed by atoms with Gasteiger partial charge >= 0.3 is 0 Å². The predicted molar refractivity (Wildman–Crippen MR) is 85.5 cm³/mol. The Bertz CT molecular complexity index is 474. The van der Waals surface area contributed by atoms with Crippen molar-refractivity contribution in [2.75, 3.05) is 26.7 Å².